The monoisotopic (exact) mass is 744 g/mol. The molecule has 0 aromatic rings. The molecule has 0 aliphatic carbocycles. The van der Waals surface area contributed by atoms with E-state index in [1.807, 2.05) is 6.08 Å². The van der Waals surface area contributed by atoms with Crippen molar-refractivity contribution in [3.05, 3.63) is 36.5 Å². The van der Waals surface area contributed by atoms with Crippen LogP contribution in [0.3, 0.4) is 0 Å². The van der Waals surface area contributed by atoms with Crippen LogP contribution in [-0.2, 0) is 37.4 Å². The maximum atomic E-state index is 12.5. The standard InChI is InChI=1S/C39H69O11P/c1-4-6-7-8-9-10-11-15-20-25-36-37(50-36)26-21-17-18-22-27-38(42)46-31-35(32-48-51(44,45)47-30-34(41)29-40)49-39(43)28-23-16-13-12-14-19-24-33(3)5-2/h9-10,15,17,20-21,33-37,40-41H,4-8,11-14,16,18-19,22-32H2,1-3H3,(H,44,45)/b10-9-,20-15-,21-17-/t33?,34-,35+,36?,37?/m0/s1. The number of phosphoric ester groups is 1. The van der Waals surface area contributed by atoms with E-state index in [-0.39, 0.29) is 31.7 Å². The number of ether oxygens (including phenoxy) is 3. The molecule has 1 heterocycles. The molecule has 296 valence electrons. The van der Waals surface area contributed by atoms with Gasteiger partial charge in [-0.1, -0.05) is 115 Å². The third kappa shape index (κ3) is 28.3. The lowest BCUT2D eigenvalue weighted by Gasteiger charge is -2.20. The molecule has 1 fully saturated rings. The average Bonchev–Trinajstić information content (AvgIpc) is 3.87. The zero-order chi connectivity index (χ0) is 37.6. The van der Waals surface area contributed by atoms with Crippen molar-refractivity contribution in [1.29, 1.82) is 0 Å². The molecule has 0 amide bonds. The molecule has 0 aromatic heterocycles. The van der Waals surface area contributed by atoms with E-state index in [9.17, 15) is 24.2 Å². The van der Waals surface area contributed by atoms with Crippen LogP contribution in [0.2, 0.25) is 0 Å². The Hall–Kier alpha value is -1.85. The number of allylic oxidation sites excluding steroid dienone is 4. The molecule has 0 radical (unpaired) electrons. The van der Waals surface area contributed by atoms with E-state index in [0.717, 1.165) is 50.9 Å². The molecule has 6 atom stereocenters. The second-order valence-corrected chi connectivity index (χ2v) is 15.0. The Labute approximate surface area is 307 Å². The number of carbonyl (C=O) groups excluding carboxylic acids is 2. The lowest BCUT2D eigenvalue weighted by Crippen LogP contribution is -2.29. The first kappa shape index (κ1) is 47.2. The molecule has 0 saturated carbocycles. The summed E-state index contributed by atoms with van der Waals surface area (Å²) < 4.78 is 38.3. The van der Waals surface area contributed by atoms with Gasteiger partial charge in [0.05, 0.1) is 32.0 Å². The summed E-state index contributed by atoms with van der Waals surface area (Å²) in [5, 5.41) is 18.3. The van der Waals surface area contributed by atoms with Gasteiger partial charge in [-0.15, -0.1) is 0 Å². The van der Waals surface area contributed by atoms with Crippen molar-refractivity contribution >= 4 is 19.8 Å². The van der Waals surface area contributed by atoms with Crippen LogP contribution in [0.25, 0.3) is 0 Å². The van der Waals surface area contributed by atoms with Crippen LogP contribution in [0.4, 0.5) is 0 Å². The first-order chi connectivity index (χ1) is 24.6. The van der Waals surface area contributed by atoms with Gasteiger partial charge in [0, 0.05) is 12.8 Å². The molecule has 0 spiro atoms. The van der Waals surface area contributed by atoms with Gasteiger partial charge < -0.3 is 29.3 Å². The normalized spacial score (nSPS) is 19.0. The summed E-state index contributed by atoms with van der Waals surface area (Å²) in [6.45, 7) is 4.51. The predicted molar refractivity (Wildman–Crippen MR) is 200 cm³/mol. The van der Waals surface area contributed by atoms with Gasteiger partial charge in [0.1, 0.15) is 12.7 Å². The Morgan fingerprint density at radius 1 is 0.765 bits per heavy atom. The molecule has 3 N–H and O–H groups in total. The van der Waals surface area contributed by atoms with Crippen LogP contribution in [0, 0.1) is 5.92 Å². The fourth-order valence-corrected chi connectivity index (χ4v) is 5.97. The molecule has 1 aliphatic rings. The Kier molecular flexibility index (Phi) is 28.3. The summed E-state index contributed by atoms with van der Waals surface area (Å²) in [6.07, 6.45) is 28.8. The Morgan fingerprint density at radius 2 is 1.37 bits per heavy atom. The molecule has 51 heavy (non-hydrogen) atoms. The second-order valence-electron chi connectivity index (χ2n) is 13.6. The highest BCUT2D eigenvalue weighted by Crippen LogP contribution is 2.43. The second kappa shape index (κ2) is 30.6. The van der Waals surface area contributed by atoms with Crippen LogP contribution < -0.4 is 0 Å². The summed E-state index contributed by atoms with van der Waals surface area (Å²) in [4.78, 5) is 34.8. The summed E-state index contributed by atoms with van der Waals surface area (Å²) >= 11 is 0. The van der Waals surface area contributed by atoms with Gasteiger partial charge in [-0.3, -0.25) is 18.6 Å². The van der Waals surface area contributed by atoms with E-state index in [4.69, 9.17) is 23.8 Å². The minimum atomic E-state index is -4.63. The maximum absolute atomic E-state index is 12.5. The lowest BCUT2D eigenvalue weighted by molar-refractivity contribution is -0.161. The van der Waals surface area contributed by atoms with Crippen LogP contribution >= 0.6 is 7.82 Å². The largest absolute Gasteiger partial charge is 0.472 e. The summed E-state index contributed by atoms with van der Waals surface area (Å²) in [5.41, 5.74) is 0. The number of unbranched alkanes of at least 4 members (excludes halogenated alkanes) is 9. The number of epoxide rings is 1. The number of rotatable bonds is 34. The zero-order valence-corrected chi connectivity index (χ0v) is 32.6. The van der Waals surface area contributed by atoms with E-state index in [1.165, 1.54) is 44.9 Å². The van der Waals surface area contributed by atoms with Crippen molar-refractivity contribution in [1.82, 2.24) is 0 Å². The number of carbonyl (C=O) groups is 2. The van der Waals surface area contributed by atoms with Gasteiger partial charge in [0.15, 0.2) is 6.10 Å². The minimum absolute atomic E-state index is 0.157. The summed E-state index contributed by atoms with van der Waals surface area (Å²) in [6, 6.07) is 0. The fourth-order valence-electron chi connectivity index (χ4n) is 5.18. The van der Waals surface area contributed by atoms with Gasteiger partial charge in [-0.05, 0) is 57.3 Å². The Morgan fingerprint density at radius 3 is 2.08 bits per heavy atom. The van der Waals surface area contributed by atoms with Crippen molar-refractivity contribution in [3.63, 3.8) is 0 Å². The van der Waals surface area contributed by atoms with Gasteiger partial charge in [0.25, 0.3) is 0 Å². The molecule has 12 heteroatoms. The van der Waals surface area contributed by atoms with Crippen molar-refractivity contribution < 1.29 is 52.5 Å². The van der Waals surface area contributed by atoms with Crippen LogP contribution in [-0.4, -0.2) is 77.9 Å². The Bertz CT molecular complexity index is 1030. The van der Waals surface area contributed by atoms with Gasteiger partial charge >= 0.3 is 19.8 Å². The number of phosphoric acid groups is 1. The van der Waals surface area contributed by atoms with Gasteiger partial charge in [-0.25, -0.2) is 4.57 Å². The predicted octanol–water partition coefficient (Wildman–Crippen LogP) is 8.45. The number of aliphatic hydroxyl groups excluding tert-OH is 2. The molecule has 0 bridgehead atoms. The van der Waals surface area contributed by atoms with E-state index >= 15 is 0 Å². The zero-order valence-electron chi connectivity index (χ0n) is 31.7. The fraction of sp³-hybridized carbons (Fsp3) is 0.795. The summed E-state index contributed by atoms with van der Waals surface area (Å²) in [7, 11) is -4.63. The van der Waals surface area contributed by atoms with E-state index in [0.29, 0.717) is 19.3 Å². The van der Waals surface area contributed by atoms with Crippen molar-refractivity contribution in [2.45, 2.75) is 167 Å². The van der Waals surface area contributed by atoms with Gasteiger partial charge in [-0.2, -0.15) is 0 Å². The van der Waals surface area contributed by atoms with Crippen LogP contribution in [0.1, 0.15) is 143 Å². The highest BCUT2D eigenvalue weighted by molar-refractivity contribution is 7.47. The number of hydrogen-bond donors (Lipinski definition) is 3. The molecule has 1 rings (SSSR count). The molecular weight excluding hydrogens is 675 g/mol. The first-order valence-electron chi connectivity index (χ1n) is 19.5. The van der Waals surface area contributed by atoms with Crippen LogP contribution in [0.15, 0.2) is 36.5 Å². The molecule has 1 saturated heterocycles. The van der Waals surface area contributed by atoms with Crippen LogP contribution in [0.5, 0.6) is 0 Å². The van der Waals surface area contributed by atoms with E-state index in [2.05, 4.69) is 55.7 Å². The highest BCUT2D eigenvalue weighted by Gasteiger charge is 2.36. The van der Waals surface area contributed by atoms with Crippen molar-refractivity contribution in [3.8, 4) is 0 Å². The van der Waals surface area contributed by atoms with Crippen molar-refractivity contribution in [2.75, 3.05) is 26.4 Å². The molecule has 1 aliphatic heterocycles. The minimum Gasteiger partial charge on any atom is -0.462 e. The van der Waals surface area contributed by atoms with E-state index in [1.54, 1.807) is 0 Å². The van der Waals surface area contributed by atoms with Crippen molar-refractivity contribution in [2.24, 2.45) is 5.92 Å². The summed E-state index contributed by atoms with van der Waals surface area (Å²) in [5.74, 6) is -0.247. The SMILES string of the molecule is CCCCC/C=C\C/C=C\CC1OC1C/C=C\CCCC(=O)OC[C@H](COP(=O)(O)OC[C@@H](O)CO)OC(=O)CCCCCCCCC(C)CC. The van der Waals surface area contributed by atoms with Gasteiger partial charge in [0.2, 0.25) is 0 Å². The average molecular weight is 745 g/mol. The number of esters is 2. The third-order valence-electron chi connectivity index (χ3n) is 8.74. The molecule has 0 aromatic carbocycles. The molecular formula is C39H69O11P. The maximum Gasteiger partial charge on any atom is 0.472 e. The highest BCUT2D eigenvalue weighted by atomic mass is 31.2. The molecule has 4 unspecified atom stereocenters. The topological polar surface area (TPSA) is 161 Å². The first-order valence-corrected chi connectivity index (χ1v) is 21.0. The molecule has 11 nitrogen and oxygen atoms in total. The third-order valence-corrected chi connectivity index (χ3v) is 9.69. The number of aliphatic hydroxyl groups is 2. The van der Waals surface area contributed by atoms with E-state index < -0.39 is 51.8 Å². The Balaban J connectivity index is 2.34. The number of hydrogen-bond acceptors (Lipinski definition) is 10. The quantitative estimate of drug-likeness (QED) is 0.0191. The smallest absolute Gasteiger partial charge is 0.462 e. The lowest BCUT2D eigenvalue weighted by atomic mass is 10.00.